The average Bonchev–Trinajstić information content (AvgIpc) is 2.70. The number of pyridine rings is 1. The molecule has 0 amide bonds. The molecule has 0 saturated carbocycles. The molecule has 0 radical (unpaired) electrons. The lowest BCUT2D eigenvalue weighted by Gasteiger charge is -2.34. The molecule has 1 aromatic heterocycles. The number of nitrogens with zero attached hydrogens (tertiary/aromatic N) is 3. The predicted octanol–water partition coefficient (Wildman–Crippen LogP) is 3.61. The summed E-state index contributed by atoms with van der Waals surface area (Å²) in [5.74, 6) is 2.53. The highest BCUT2D eigenvalue weighted by molar-refractivity contribution is 14.0. The van der Waals surface area contributed by atoms with Crippen LogP contribution in [0, 0.1) is 5.92 Å². The summed E-state index contributed by atoms with van der Waals surface area (Å²) in [7, 11) is 1.85. The maximum Gasteiger partial charge on any atom is 0.193 e. The van der Waals surface area contributed by atoms with E-state index in [1.54, 1.807) is 12.4 Å². The monoisotopic (exact) mass is 480 g/mol. The molecule has 5 nitrogen and oxygen atoms in total. The SMILES string of the molecule is CN=C(NCCOc1cccnc1)N1CCC(Cc2ccccc2)CC1.I. The molecule has 6 heteroatoms. The van der Waals surface area contributed by atoms with Gasteiger partial charge in [0.05, 0.1) is 12.7 Å². The molecule has 1 aliphatic rings. The number of hydrogen-bond donors (Lipinski definition) is 1. The van der Waals surface area contributed by atoms with E-state index >= 15 is 0 Å². The largest absolute Gasteiger partial charge is 0.490 e. The number of benzene rings is 1. The molecule has 0 bridgehead atoms. The lowest BCUT2D eigenvalue weighted by Crippen LogP contribution is -2.46. The number of aliphatic imine (C=N–C) groups is 1. The van der Waals surface area contributed by atoms with Crippen molar-refractivity contribution in [3.63, 3.8) is 0 Å². The van der Waals surface area contributed by atoms with Crippen LogP contribution in [0.25, 0.3) is 0 Å². The number of guanidine groups is 1. The minimum atomic E-state index is 0. The number of hydrogen-bond acceptors (Lipinski definition) is 3. The molecule has 1 aromatic carbocycles. The number of rotatable bonds is 6. The third-order valence-corrected chi connectivity index (χ3v) is 4.78. The fourth-order valence-electron chi connectivity index (χ4n) is 3.39. The van der Waals surface area contributed by atoms with E-state index in [4.69, 9.17) is 4.74 Å². The van der Waals surface area contributed by atoms with E-state index in [2.05, 4.69) is 50.5 Å². The van der Waals surface area contributed by atoms with Gasteiger partial charge in [0.1, 0.15) is 12.4 Å². The Labute approximate surface area is 179 Å². The topological polar surface area (TPSA) is 49.8 Å². The highest BCUT2D eigenvalue weighted by atomic mass is 127. The number of nitrogens with one attached hydrogen (secondary N) is 1. The summed E-state index contributed by atoms with van der Waals surface area (Å²) in [6, 6.07) is 14.6. The fraction of sp³-hybridized carbons (Fsp3) is 0.429. The minimum Gasteiger partial charge on any atom is -0.490 e. The first-order chi connectivity index (χ1) is 12.8. The van der Waals surface area contributed by atoms with Crippen molar-refractivity contribution in [1.82, 2.24) is 15.2 Å². The molecule has 27 heavy (non-hydrogen) atoms. The fourth-order valence-corrected chi connectivity index (χ4v) is 3.39. The average molecular weight is 480 g/mol. The quantitative estimate of drug-likeness (QED) is 0.297. The third kappa shape index (κ3) is 7.01. The van der Waals surface area contributed by atoms with E-state index in [9.17, 15) is 0 Å². The molecule has 2 heterocycles. The first-order valence-corrected chi connectivity index (χ1v) is 9.37. The van der Waals surface area contributed by atoms with Crippen LogP contribution in [0.1, 0.15) is 18.4 Å². The van der Waals surface area contributed by atoms with Crippen LogP contribution < -0.4 is 10.1 Å². The van der Waals surface area contributed by atoms with Gasteiger partial charge in [-0.25, -0.2) is 0 Å². The zero-order chi connectivity index (χ0) is 18.0. The van der Waals surface area contributed by atoms with E-state index in [1.165, 1.54) is 24.8 Å². The number of likely N-dealkylation sites (tertiary alicyclic amines) is 1. The van der Waals surface area contributed by atoms with E-state index in [-0.39, 0.29) is 24.0 Å². The molecule has 1 N–H and O–H groups in total. The van der Waals surface area contributed by atoms with Gasteiger partial charge in [-0.3, -0.25) is 9.98 Å². The van der Waals surface area contributed by atoms with Gasteiger partial charge in [0, 0.05) is 26.3 Å². The maximum atomic E-state index is 5.67. The van der Waals surface area contributed by atoms with Crippen molar-refractivity contribution in [2.75, 3.05) is 33.3 Å². The van der Waals surface area contributed by atoms with Gasteiger partial charge in [-0.15, -0.1) is 24.0 Å². The van der Waals surface area contributed by atoms with Gasteiger partial charge in [0.2, 0.25) is 0 Å². The van der Waals surface area contributed by atoms with Crippen LogP contribution in [-0.2, 0) is 6.42 Å². The lowest BCUT2D eigenvalue weighted by atomic mass is 9.90. The van der Waals surface area contributed by atoms with Gasteiger partial charge in [-0.05, 0) is 42.9 Å². The number of ether oxygens (including phenoxy) is 1. The summed E-state index contributed by atoms with van der Waals surface area (Å²) in [5.41, 5.74) is 1.45. The first kappa shape index (κ1) is 21.5. The molecule has 0 unspecified atom stereocenters. The van der Waals surface area contributed by atoms with Crippen LogP contribution in [0.3, 0.4) is 0 Å². The summed E-state index contributed by atoms with van der Waals surface area (Å²) in [4.78, 5) is 10.8. The third-order valence-electron chi connectivity index (χ3n) is 4.78. The van der Waals surface area contributed by atoms with Crippen LogP contribution in [0.5, 0.6) is 5.75 Å². The highest BCUT2D eigenvalue weighted by Gasteiger charge is 2.21. The van der Waals surface area contributed by atoms with Crippen LogP contribution in [-0.4, -0.2) is 49.1 Å². The van der Waals surface area contributed by atoms with Crippen molar-refractivity contribution in [3.8, 4) is 5.75 Å². The zero-order valence-electron chi connectivity index (χ0n) is 15.9. The van der Waals surface area contributed by atoms with Crippen LogP contribution in [0.15, 0.2) is 59.9 Å². The summed E-state index contributed by atoms with van der Waals surface area (Å²) in [6.45, 7) is 3.43. The summed E-state index contributed by atoms with van der Waals surface area (Å²) in [6.07, 6.45) is 7.07. The zero-order valence-corrected chi connectivity index (χ0v) is 18.2. The summed E-state index contributed by atoms with van der Waals surface area (Å²) in [5, 5.41) is 3.40. The minimum absolute atomic E-state index is 0. The predicted molar refractivity (Wildman–Crippen MR) is 121 cm³/mol. The molecule has 1 aliphatic heterocycles. The number of aromatic nitrogens is 1. The highest BCUT2D eigenvalue weighted by Crippen LogP contribution is 2.21. The van der Waals surface area contributed by atoms with Crippen molar-refractivity contribution in [2.45, 2.75) is 19.3 Å². The number of halogens is 1. The molecular weight excluding hydrogens is 451 g/mol. The van der Waals surface area contributed by atoms with Gasteiger partial charge in [-0.2, -0.15) is 0 Å². The van der Waals surface area contributed by atoms with Gasteiger partial charge in [0.25, 0.3) is 0 Å². The van der Waals surface area contributed by atoms with Crippen molar-refractivity contribution >= 4 is 29.9 Å². The molecule has 146 valence electrons. The van der Waals surface area contributed by atoms with Gasteiger partial charge in [-0.1, -0.05) is 30.3 Å². The second-order valence-electron chi connectivity index (χ2n) is 6.63. The standard InChI is InChI=1S/C21H28N4O.HI/c1-22-21(24-12-15-26-20-8-5-11-23-17-20)25-13-9-19(10-14-25)16-18-6-3-2-4-7-18;/h2-8,11,17,19H,9-10,12-16H2,1H3,(H,22,24);1H. The van der Waals surface area contributed by atoms with Crippen molar-refractivity contribution in [1.29, 1.82) is 0 Å². The van der Waals surface area contributed by atoms with Crippen LogP contribution >= 0.6 is 24.0 Å². The second kappa shape index (κ2) is 11.8. The van der Waals surface area contributed by atoms with E-state index in [0.717, 1.165) is 37.3 Å². The molecule has 0 aliphatic carbocycles. The molecule has 2 aromatic rings. The van der Waals surface area contributed by atoms with Crippen molar-refractivity contribution < 1.29 is 4.74 Å². The summed E-state index contributed by atoms with van der Waals surface area (Å²) < 4.78 is 5.67. The van der Waals surface area contributed by atoms with E-state index in [0.29, 0.717) is 6.61 Å². The normalized spacial score (nSPS) is 15.1. The second-order valence-corrected chi connectivity index (χ2v) is 6.63. The van der Waals surface area contributed by atoms with Gasteiger partial charge >= 0.3 is 0 Å². The lowest BCUT2D eigenvalue weighted by molar-refractivity contribution is 0.256. The molecule has 3 rings (SSSR count). The Hall–Kier alpha value is -1.83. The maximum absolute atomic E-state index is 5.67. The Kier molecular flexibility index (Phi) is 9.38. The van der Waals surface area contributed by atoms with Crippen LogP contribution in [0.2, 0.25) is 0 Å². The van der Waals surface area contributed by atoms with Gasteiger partial charge in [0.15, 0.2) is 5.96 Å². The van der Waals surface area contributed by atoms with Crippen LogP contribution in [0.4, 0.5) is 0 Å². The van der Waals surface area contributed by atoms with Crippen molar-refractivity contribution in [2.24, 2.45) is 10.9 Å². The molecule has 0 spiro atoms. The molecular formula is C21H29IN4O. The Morgan fingerprint density at radius 1 is 1.19 bits per heavy atom. The van der Waals surface area contributed by atoms with Gasteiger partial charge < -0.3 is 15.0 Å². The molecule has 0 atom stereocenters. The first-order valence-electron chi connectivity index (χ1n) is 9.37. The molecule has 1 saturated heterocycles. The van der Waals surface area contributed by atoms with E-state index < -0.39 is 0 Å². The Morgan fingerprint density at radius 3 is 2.63 bits per heavy atom. The number of piperidine rings is 1. The Bertz CT molecular complexity index is 673. The van der Waals surface area contributed by atoms with Crippen molar-refractivity contribution in [3.05, 3.63) is 60.4 Å². The molecule has 1 fully saturated rings. The smallest absolute Gasteiger partial charge is 0.193 e. The van der Waals surface area contributed by atoms with E-state index in [1.807, 2.05) is 19.2 Å². The Morgan fingerprint density at radius 2 is 1.96 bits per heavy atom. The summed E-state index contributed by atoms with van der Waals surface area (Å²) >= 11 is 0. The Balaban J connectivity index is 0.00000261.